The third-order valence-corrected chi connectivity index (χ3v) is 2.65. The summed E-state index contributed by atoms with van der Waals surface area (Å²) in [6, 6.07) is 8.21. The summed E-state index contributed by atoms with van der Waals surface area (Å²) in [6.45, 7) is 1.94. The minimum atomic E-state index is -0.182. The average molecular weight is 242 g/mol. The smallest absolute Gasteiger partial charge is 0.255 e. The molecular formula is C14H14N2O2. The zero-order valence-electron chi connectivity index (χ0n) is 10.1. The molecule has 92 valence electrons. The highest BCUT2D eigenvalue weighted by Gasteiger charge is 2.11. The molecule has 0 unspecified atom stereocenters. The zero-order valence-corrected chi connectivity index (χ0v) is 10.1. The largest absolute Gasteiger partial charge is 0.508 e. The van der Waals surface area contributed by atoms with Gasteiger partial charge in [-0.25, -0.2) is 0 Å². The molecule has 0 bridgehead atoms. The lowest BCUT2D eigenvalue weighted by atomic mass is 10.0. The molecule has 1 aromatic heterocycles. The van der Waals surface area contributed by atoms with E-state index in [-0.39, 0.29) is 11.7 Å². The Kier molecular flexibility index (Phi) is 3.57. The van der Waals surface area contributed by atoms with E-state index in [1.165, 1.54) is 6.07 Å². The van der Waals surface area contributed by atoms with Gasteiger partial charge in [0.05, 0.1) is 0 Å². The van der Waals surface area contributed by atoms with Gasteiger partial charge in [0.2, 0.25) is 0 Å². The van der Waals surface area contributed by atoms with Gasteiger partial charge in [0.15, 0.2) is 0 Å². The summed E-state index contributed by atoms with van der Waals surface area (Å²) in [4.78, 5) is 16.0. The van der Waals surface area contributed by atoms with E-state index in [1.807, 2.05) is 6.92 Å². The molecule has 18 heavy (non-hydrogen) atoms. The van der Waals surface area contributed by atoms with Gasteiger partial charge in [-0.05, 0) is 42.3 Å². The maximum atomic E-state index is 12.1. The lowest BCUT2D eigenvalue weighted by Gasteiger charge is -2.09. The summed E-state index contributed by atoms with van der Waals surface area (Å²) in [5.74, 6) is -0.00892. The number of carbonyl (C=O) groups excluding carboxylic acids is 1. The number of amides is 1. The van der Waals surface area contributed by atoms with Crippen molar-refractivity contribution in [2.75, 3.05) is 5.32 Å². The molecule has 0 atom stereocenters. The number of phenols is 1. The molecule has 1 heterocycles. The molecule has 0 aliphatic carbocycles. The Morgan fingerprint density at radius 1 is 1.28 bits per heavy atom. The first-order chi connectivity index (χ1) is 8.70. The maximum absolute atomic E-state index is 12.1. The lowest BCUT2D eigenvalue weighted by molar-refractivity contribution is 0.102. The van der Waals surface area contributed by atoms with Crippen LogP contribution < -0.4 is 5.32 Å². The molecule has 0 aliphatic heterocycles. The van der Waals surface area contributed by atoms with Crippen molar-refractivity contribution in [3.8, 4) is 5.75 Å². The van der Waals surface area contributed by atoms with E-state index in [4.69, 9.17) is 0 Å². The highest BCUT2D eigenvalue weighted by atomic mass is 16.3. The van der Waals surface area contributed by atoms with Crippen molar-refractivity contribution in [3.05, 3.63) is 53.9 Å². The standard InChI is InChI=1S/C14H14N2O2/c1-2-10-9-12(17)3-4-13(10)14(18)16-11-5-7-15-8-6-11/h3-9,17H,2H2,1H3,(H,15,16,18). The van der Waals surface area contributed by atoms with Crippen LogP contribution in [0.15, 0.2) is 42.7 Å². The predicted octanol–water partition coefficient (Wildman–Crippen LogP) is 2.60. The minimum Gasteiger partial charge on any atom is -0.508 e. The third-order valence-electron chi connectivity index (χ3n) is 2.65. The van der Waals surface area contributed by atoms with E-state index in [1.54, 1.807) is 36.7 Å². The number of hydrogen-bond acceptors (Lipinski definition) is 3. The molecule has 0 saturated heterocycles. The number of rotatable bonds is 3. The molecule has 1 amide bonds. The molecule has 0 fully saturated rings. The van der Waals surface area contributed by atoms with Crippen LogP contribution in [-0.2, 0) is 6.42 Å². The number of nitrogens with one attached hydrogen (secondary N) is 1. The molecule has 4 nitrogen and oxygen atoms in total. The fourth-order valence-corrected chi connectivity index (χ4v) is 1.73. The molecular weight excluding hydrogens is 228 g/mol. The summed E-state index contributed by atoms with van der Waals surface area (Å²) >= 11 is 0. The Bertz CT molecular complexity index is 553. The number of aromatic hydroxyl groups is 1. The Morgan fingerprint density at radius 2 is 2.00 bits per heavy atom. The van der Waals surface area contributed by atoms with Gasteiger partial charge in [-0.2, -0.15) is 0 Å². The first kappa shape index (κ1) is 12.1. The first-order valence-corrected chi connectivity index (χ1v) is 5.74. The quantitative estimate of drug-likeness (QED) is 0.869. The van der Waals surface area contributed by atoms with Crippen molar-refractivity contribution in [1.82, 2.24) is 4.98 Å². The molecule has 0 aliphatic rings. The van der Waals surface area contributed by atoms with Gasteiger partial charge in [-0.1, -0.05) is 6.92 Å². The van der Waals surface area contributed by atoms with Crippen LogP contribution in [0.5, 0.6) is 5.75 Å². The predicted molar refractivity (Wildman–Crippen MR) is 69.7 cm³/mol. The number of pyridine rings is 1. The number of aryl methyl sites for hydroxylation is 1. The highest BCUT2D eigenvalue weighted by Crippen LogP contribution is 2.18. The number of aromatic nitrogens is 1. The lowest BCUT2D eigenvalue weighted by Crippen LogP contribution is -2.14. The summed E-state index contributed by atoms with van der Waals surface area (Å²) in [5, 5.41) is 12.2. The highest BCUT2D eigenvalue weighted by molar-refractivity contribution is 6.05. The van der Waals surface area contributed by atoms with Crippen LogP contribution in [0.2, 0.25) is 0 Å². The zero-order chi connectivity index (χ0) is 13.0. The van der Waals surface area contributed by atoms with Crippen molar-refractivity contribution in [2.24, 2.45) is 0 Å². The van der Waals surface area contributed by atoms with E-state index < -0.39 is 0 Å². The molecule has 2 rings (SSSR count). The van der Waals surface area contributed by atoms with Crippen molar-refractivity contribution in [2.45, 2.75) is 13.3 Å². The second-order valence-electron chi connectivity index (χ2n) is 3.89. The van der Waals surface area contributed by atoms with Crippen LogP contribution in [-0.4, -0.2) is 16.0 Å². The topological polar surface area (TPSA) is 62.2 Å². The molecule has 0 radical (unpaired) electrons. The SMILES string of the molecule is CCc1cc(O)ccc1C(=O)Nc1ccncc1. The van der Waals surface area contributed by atoms with Crippen LogP contribution in [0.4, 0.5) is 5.69 Å². The Labute approximate surface area is 105 Å². The molecule has 1 aromatic carbocycles. The Hall–Kier alpha value is -2.36. The molecule has 0 saturated carbocycles. The van der Waals surface area contributed by atoms with E-state index >= 15 is 0 Å². The molecule has 2 N–H and O–H groups in total. The second kappa shape index (κ2) is 5.31. The molecule has 0 spiro atoms. The van der Waals surface area contributed by atoms with Crippen molar-refractivity contribution < 1.29 is 9.90 Å². The summed E-state index contributed by atoms with van der Waals surface area (Å²) in [6.07, 6.45) is 3.92. The summed E-state index contributed by atoms with van der Waals surface area (Å²) in [5.41, 5.74) is 2.10. The van der Waals surface area contributed by atoms with Crippen LogP contribution in [0.1, 0.15) is 22.8 Å². The summed E-state index contributed by atoms with van der Waals surface area (Å²) in [7, 11) is 0. The number of nitrogens with zero attached hydrogens (tertiary/aromatic N) is 1. The number of anilines is 1. The number of carbonyl (C=O) groups is 1. The van der Waals surface area contributed by atoms with Gasteiger partial charge in [0, 0.05) is 23.6 Å². The van der Waals surface area contributed by atoms with Gasteiger partial charge < -0.3 is 10.4 Å². The minimum absolute atomic E-state index is 0.173. The summed E-state index contributed by atoms with van der Waals surface area (Å²) < 4.78 is 0. The van der Waals surface area contributed by atoms with Gasteiger partial charge in [0.25, 0.3) is 5.91 Å². The number of phenolic OH excluding ortho intramolecular Hbond substituents is 1. The van der Waals surface area contributed by atoms with Crippen molar-refractivity contribution in [3.63, 3.8) is 0 Å². The molecule has 2 aromatic rings. The van der Waals surface area contributed by atoms with E-state index in [2.05, 4.69) is 10.3 Å². The van der Waals surface area contributed by atoms with Gasteiger partial charge in [-0.3, -0.25) is 9.78 Å². The van der Waals surface area contributed by atoms with Crippen LogP contribution in [0, 0.1) is 0 Å². The normalized spacial score (nSPS) is 10.1. The van der Waals surface area contributed by atoms with Crippen LogP contribution >= 0.6 is 0 Å². The van der Waals surface area contributed by atoms with E-state index in [0.29, 0.717) is 17.7 Å². The van der Waals surface area contributed by atoms with Crippen molar-refractivity contribution in [1.29, 1.82) is 0 Å². The Balaban J connectivity index is 2.24. The molecule has 4 heteroatoms. The van der Waals surface area contributed by atoms with E-state index in [0.717, 1.165) is 5.56 Å². The van der Waals surface area contributed by atoms with Gasteiger partial charge in [0.1, 0.15) is 5.75 Å². The number of benzene rings is 1. The second-order valence-corrected chi connectivity index (χ2v) is 3.89. The van der Waals surface area contributed by atoms with Gasteiger partial charge in [-0.15, -0.1) is 0 Å². The average Bonchev–Trinajstić information content (AvgIpc) is 2.39. The van der Waals surface area contributed by atoms with E-state index in [9.17, 15) is 9.90 Å². The van der Waals surface area contributed by atoms with Gasteiger partial charge >= 0.3 is 0 Å². The maximum Gasteiger partial charge on any atom is 0.255 e. The Morgan fingerprint density at radius 3 is 2.67 bits per heavy atom. The fraction of sp³-hybridized carbons (Fsp3) is 0.143. The monoisotopic (exact) mass is 242 g/mol. The van der Waals surface area contributed by atoms with Crippen LogP contribution in [0.3, 0.4) is 0 Å². The number of hydrogen-bond donors (Lipinski definition) is 2. The first-order valence-electron chi connectivity index (χ1n) is 5.74. The third kappa shape index (κ3) is 2.66. The van der Waals surface area contributed by atoms with Crippen molar-refractivity contribution >= 4 is 11.6 Å². The van der Waals surface area contributed by atoms with Crippen LogP contribution in [0.25, 0.3) is 0 Å². The fourth-order valence-electron chi connectivity index (χ4n) is 1.73.